The van der Waals surface area contributed by atoms with Gasteiger partial charge in [-0.25, -0.2) is 0 Å². The highest BCUT2D eigenvalue weighted by atomic mass is 16.4. The van der Waals surface area contributed by atoms with Gasteiger partial charge in [0.1, 0.15) is 11.8 Å². The van der Waals surface area contributed by atoms with Crippen molar-refractivity contribution in [2.75, 3.05) is 13.2 Å². The number of phenols is 1. The molecule has 0 aliphatic carbocycles. The Morgan fingerprint density at radius 2 is 2.00 bits per heavy atom. The Bertz CT molecular complexity index is 400. The number of hydrogen-bond acceptors (Lipinski definition) is 4. The maximum atomic E-state index is 10.8. The molecule has 98 valence electrons. The quantitative estimate of drug-likeness (QED) is 0.576. The molecule has 0 bridgehead atoms. The predicted octanol–water partition coefficient (Wildman–Crippen LogP) is 0.831. The third kappa shape index (κ3) is 4.99. The van der Waals surface area contributed by atoms with Crippen molar-refractivity contribution in [3.8, 4) is 5.75 Å². The van der Waals surface area contributed by atoms with Crippen molar-refractivity contribution in [3.63, 3.8) is 0 Å². The first-order valence-corrected chi connectivity index (χ1v) is 5.66. The zero-order chi connectivity index (χ0) is 13.4. The molecule has 1 rings (SSSR count). The van der Waals surface area contributed by atoms with Crippen LogP contribution in [-0.4, -0.2) is 40.5 Å². The first kappa shape index (κ1) is 14.2. The molecule has 5 nitrogen and oxygen atoms in total. The Labute approximate surface area is 105 Å². The lowest BCUT2D eigenvalue weighted by atomic mass is 10.2. The molecule has 0 amide bonds. The maximum absolute atomic E-state index is 10.8. The molecule has 4 N–H and O–H groups in total. The molecule has 1 aromatic rings. The van der Waals surface area contributed by atoms with Gasteiger partial charge in [-0.2, -0.15) is 0 Å². The van der Waals surface area contributed by atoms with E-state index in [1.165, 1.54) is 0 Å². The van der Waals surface area contributed by atoms with Crippen molar-refractivity contribution in [2.45, 2.75) is 12.5 Å². The van der Waals surface area contributed by atoms with Gasteiger partial charge >= 0.3 is 5.97 Å². The highest BCUT2D eigenvalue weighted by Gasteiger charge is 2.14. The van der Waals surface area contributed by atoms with Gasteiger partial charge in [0.15, 0.2) is 0 Å². The van der Waals surface area contributed by atoms with Crippen LogP contribution in [0.1, 0.15) is 12.0 Å². The first-order valence-electron chi connectivity index (χ1n) is 5.66. The van der Waals surface area contributed by atoms with Crippen molar-refractivity contribution in [3.05, 3.63) is 35.9 Å². The van der Waals surface area contributed by atoms with E-state index in [9.17, 15) is 4.79 Å². The van der Waals surface area contributed by atoms with E-state index in [0.717, 1.165) is 5.56 Å². The number of aromatic hydroxyl groups is 1. The number of hydrogen-bond donors (Lipinski definition) is 4. The van der Waals surface area contributed by atoms with Crippen molar-refractivity contribution in [1.29, 1.82) is 0 Å². The summed E-state index contributed by atoms with van der Waals surface area (Å²) in [6.07, 6.45) is 3.80. The van der Waals surface area contributed by atoms with Crippen LogP contribution >= 0.6 is 0 Å². The molecule has 0 radical (unpaired) electrons. The first-order chi connectivity index (χ1) is 8.63. The number of carboxylic acids is 1. The molecule has 1 atom stereocenters. The Morgan fingerprint density at radius 3 is 2.56 bits per heavy atom. The van der Waals surface area contributed by atoms with Crippen molar-refractivity contribution >= 4 is 12.0 Å². The van der Waals surface area contributed by atoms with Gasteiger partial charge in [0.2, 0.25) is 0 Å². The van der Waals surface area contributed by atoms with Crippen molar-refractivity contribution < 1.29 is 20.1 Å². The van der Waals surface area contributed by atoms with Crippen LogP contribution in [-0.2, 0) is 4.79 Å². The van der Waals surface area contributed by atoms with Crippen LogP contribution in [0.5, 0.6) is 5.75 Å². The normalized spacial score (nSPS) is 12.7. The van der Waals surface area contributed by atoms with E-state index in [0.29, 0.717) is 6.54 Å². The third-order valence-corrected chi connectivity index (χ3v) is 2.40. The molecule has 0 aliphatic heterocycles. The van der Waals surface area contributed by atoms with Crippen LogP contribution in [0, 0.1) is 0 Å². The summed E-state index contributed by atoms with van der Waals surface area (Å²) in [5, 5.41) is 29.4. The van der Waals surface area contributed by atoms with Crippen LogP contribution in [0.2, 0.25) is 0 Å². The van der Waals surface area contributed by atoms with E-state index in [2.05, 4.69) is 5.32 Å². The number of aliphatic carboxylic acids is 1. The SMILES string of the molecule is O=C(O)[C@H](CCO)NC/C=C/c1ccc(O)cc1. The highest BCUT2D eigenvalue weighted by Crippen LogP contribution is 2.10. The van der Waals surface area contributed by atoms with Crippen LogP contribution in [0.15, 0.2) is 30.3 Å². The maximum Gasteiger partial charge on any atom is 0.320 e. The average molecular weight is 251 g/mol. The minimum atomic E-state index is -0.970. The summed E-state index contributed by atoms with van der Waals surface area (Å²) in [6, 6.07) is 5.94. The fourth-order valence-electron chi connectivity index (χ4n) is 1.43. The number of benzene rings is 1. The second-order valence-corrected chi connectivity index (χ2v) is 3.81. The van der Waals surface area contributed by atoms with Crippen LogP contribution in [0.4, 0.5) is 0 Å². The monoisotopic (exact) mass is 251 g/mol. The van der Waals surface area contributed by atoms with Crippen molar-refractivity contribution in [1.82, 2.24) is 5.32 Å². The number of aliphatic hydroxyl groups is 1. The molecule has 0 saturated carbocycles. The second-order valence-electron chi connectivity index (χ2n) is 3.81. The van der Waals surface area contributed by atoms with Crippen molar-refractivity contribution in [2.24, 2.45) is 0 Å². The lowest BCUT2D eigenvalue weighted by molar-refractivity contribution is -0.139. The summed E-state index contributed by atoms with van der Waals surface area (Å²) >= 11 is 0. The van der Waals surface area contributed by atoms with Crippen LogP contribution in [0.3, 0.4) is 0 Å². The Morgan fingerprint density at radius 1 is 1.33 bits per heavy atom. The molecular formula is C13H17NO4. The molecule has 0 fully saturated rings. The van der Waals surface area contributed by atoms with Crippen LogP contribution in [0.25, 0.3) is 6.08 Å². The number of nitrogens with one attached hydrogen (secondary N) is 1. The van der Waals surface area contributed by atoms with Gasteiger partial charge in [0.25, 0.3) is 0 Å². The van der Waals surface area contributed by atoms with Gasteiger partial charge in [0.05, 0.1) is 0 Å². The summed E-state index contributed by atoms with van der Waals surface area (Å²) in [6.45, 7) is 0.240. The molecular weight excluding hydrogens is 234 g/mol. The Kier molecular flexibility index (Phi) is 5.90. The van der Waals surface area contributed by atoms with Gasteiger partial charge < -0.3 is 20.6 Å². The number of phenolic OH excluding ortho intramolecular Hbond substituents is 1. The standard InChI is InChI=1S/C13H17NO4/c15-9-7-12(13(17)18)14-8-1-2-10-3-5-11(16)6-4-10/h1-6,12,14-16H,7-9H2,(H,17,18)/b2-1+/t12-/m0/s1. The summed E-state index contributed by atoms with van der Waals surface area (Å²) in [7, 11) is 0. The van der Waals surface area contributed by atoms with Gasteiger partial charge in [-0.15, -0.1) is 0 Å². The van der Waals surface area contributed by atoms with E-state index < -0.39 is 12.0 Å². The Balaban J connectivity index is 2.40. The number of aliphatic hydroxyl groups excluding tert-OH is 1. The summed E-state index contributed by atoms with van der Waals surface area (Å²) < 4.78 is 0. The zero-order valence-corrected chi connectivity index (χ0v) is 9.91. The molecule has 0 heterocycles. The molecule has 0 spiro atoms. The smallest absolute Gasteiger partial charge is 0.320 e. The van der Waals surface area contributed by atoms with Gasteiger partial charge in [-0.05, 0) is 24.1 Å². The average Bonchev–Trinajstić information content (AvgIpc) is 2.35. The molecule has 18 heavy (non-hydrogen) atoms. The minimum Gasteiger partial charge on any atom is -0.508 e. The third-order valence-electron chi connectivity index (χ3n) is 2.40. The molecule has 5 heteroatoms. The largest absolute Gasteiger partial charge is 0.508 e. The zero-order valence-electron chi connectivity index (χ0n) is 9.91. The van der Waals surface area contributed by atoms with E-state index >= 15 is 0 Å². The second kappa shape index (κ2) is 7.47. The lowest BCUT2D eigenvalue weighted by Gasteiger charge is -2.10. The molecule has 1 aromatic carbocycles. The summed E-state index contributed by atoms with van der Waals surface area (Å²) in [5.74, 6) is -0.763. The van der Waals surface area contributed by atoms with Gasteiger partial charge in [0, 0.05) is 13.2 Å². The Hall–Kier alpha value is -1.85. The van der Waals surface area contributed by atoms with E-state index in [-0.39, 0.29) is 18.8 Å². The fraction of sp³-hybridized carbons (Fsp3) is 0.308. The fourth-order valence-corrected chi connectivity index (χ4v) is 1.43. The number of rotatable bonds is 7. The topological polar surface area (TPSA) is 89.8 Å². The predicted molar refractivity (Wildman–Crippen MR) is 68.3 cm³/mol. The lowest BCUT2D eigenvalue weighted by Crippen LogP contribution is -2.37. The van der Waals surface area contributed by atoms with E-state index in [4.69, 9.17) is 15.3 Å². The molecule has 0 aromatic heterocycles. The summed E-state index contributed by atoms with van der Waals surface area (Å²) in [4.78, 5) is 10.8. The molecule has 0 aliphatic rings. The van der Waals surface area contributed by atoms with E-state index in [1.54, 1.807) is 30.3 Å². The van der Waals surface area contributed by atoms with Crippen LogP contribution < -0.4 is 5.32 Å². The highest BCUT2D eigenvalue weighted by molar-refractivity contribution is 5.73. The minimum absolute atomic E-state index is 0.161. The molecule has 0 unspecified atom stereocenters. The number of carboxylic acid groups (broad SMARTS) is 1. The summed E-state index contributed by atoms with van der Waals surface area (Å²) in [5.41, 5.74) is 0.920. The van der Waals surface area contributed by atoms with E-state index in [1.807, 2.05) is 6.08 Å². The number of carbonyl (C=O) groups is 1. The molecule has 0 saturated heterocycles. The van der Waals surface area contributed by atoms with Gasteiger partial charge in [-0.3, -0.25) is 4.79 Å². The van der Waals surface area contributed by atoms with Gasteiger partial charge in [-0.1, -0.05) is 24.3 Å².